The summed E-state index contributed by atoms with van der Waals surface area (Å²) in [6.07, 6.45) is 1.06. The molecule has 0 aromatic carbocycles. The fourth-order valence-electron chi connectivity index (χ4n) is 2.26. The molecule has 0 bridgehead atoms. The molecule has 5 N–H and O–H groups in total. The second kappa shape index (κ2) is 12.1. The van der Waals surface area contributed by atoms with E-state index in [0.29, 0.717) is 19.3 Å². The number of aliphatic carboxylic acids is 1. The SMILES string of the molecule is CCC(=O)CCCCCCC=CCC(O)C(O)C(N)(C(=O)O)C(F)F. The number of allylic oxidation sites excluding steroid dienone is 1. The van der Waals surface area contributed by atoms with Crippen molar-refractivity contribution in [3.63, 3.8) is 0 Å². The standard InChI is InChI=1S/C17H29F2NO5/c1-2-12(21)10-8-6-4-3-5-7-9-11-13(22)14(23)17(20,15(18)19)16(24)25/h7,9,13-15,22-23H,2-6,8,10-11,20H2,1H3,(H,24,25). The average Bonchev–Trinajstić information content (AvgIpc) is 2.57. The van der Waals surface area contributed by atoms with Crippen LogP contribution in [0.2, 0.25) is 0 Å². The Morgan fingerprint density at radius 1 is 1.12 bits per heavy atom. The van der Waals surface area contributed by atoms with Crippen LogP contribution in [-0.4, -0.2) is 51.2 Å². The zero-order valence-electron chi connectivity index (χ0n) is 14.5. The van der Waals surface area contributed by atoms with Gasteiger partial charge in [-0.3, -0.25) is 4.79 Å². The number of carbonyl (C=O) groups excluding carboxylic acids is 1. The average molecular weight is 365 g/mol. The van der Waals surface area contributed by atoms with Gasteiger partial charge in [0.1, 0.15) is 11.9 Å². The lowest BCUT2D eigenvalue weighted by molar-refractivity contribution is -0.163. The molecule has 0 aromatic heterocycles. The van der Waals surface area contributed by atoms with Crippen LogP contribution in [0.5, 0.6) is 0 Å². The van der Waals surface area contributed by atoms with Gasteiger partial charge in [0.05, 0.1) is 6.10 Å². The van der Waals surface area contributed by atoms with Gasteiger partial charge >= 0.3 is 5.97 Å². The lowest BCUT2D eigenvalue weighted by Gasteiger charge is -2.31. The van der Waals surface area contributed by atoms with Crippen molar-refractivity contribution in [3.8, 4) is 0 Å². The minimum Gasteiger partial charge on any atom is -0.480 e. The van der Waals surface area contributed by atoms with Crippen molar-refractivity contribution in [2.24, 2.45) is 5.73 Å². The highest BCUT2D eigenvalue weighted by Crippen LogP contribution is 2.22. The number of Topliss-reactive ketones (excluding diaryl/α,β-unsaturated/α-hetero) is 1. The number of halogens is 2. The summed E-state index contributed by atoms with van der Waals surface area (Å²) in [5, 5.41) is 28.1. The number of rotatable bonds is 14. The van der Waals surface area contributed by atoms with Crippen LogP contribution in [0.3, 0.4) is 0 Å². The second-order valence-corrected chi connectivity index (χ2v) is 6.10. The van der Waals surface area contributed by atoms with Crippen LogP contribution in [0.1, 0.15) is 58.3 Å². The normalized spacial score (nSPS) is 16.8. The number of aliphatic hydroxyl groups excluding tert-OH is 2. The predicted molar refractivity (Wildman–Crippen MR) is 89.3 cm³/mol. The van der Waals surface area contributed by atoms with Crippen molar-refractivity contribution >= 4 is 11.8 Å². The lowest BCUT2D eigenvalue weighted by Crippen LogP contribution is -2.65. The van der Waals surface area contributed by atoms with Crippen molar-refractivity contribution < 1.29 is 33.7 Å². The molecule has 3 atom stereocenters. The Kier molecular flexibility index (Phi) is 11.4. The van der Waals surface area contributed by atoms with E-state index in [9.17, 15) is 28.6 Å². The first kappa shape index (κ1) is 23.6. The Bertz CT molecular complexity index is 445. The molecule has 0 fully saturated rings. The maximum atomic E-state index is 12.8. The van der Waals surface area contributed by atoms with Gasteiger partial charge < -0.3 is 21.1 Å². The van der Waals surface area contributed by atoms with Crippen LogP contribution >= 0.6 is 0 Å². The summed E-state index contributed by atoms with van der Waals surface area (Å²) in [6.45, 7) is 1.84. The number of unbranched alkanes of at least 4 members (excludes halogenated alkanes) is 4. The van der Waals surface area contributed by atoms with E-state index in [1.807, 2.05) is 6.92 Å². The van der Waals surface area contributed by atoms with E-state index < -0.39 is 30.1 Å². The number of aliphatic hydroxyl groups is 2. The molecular formula is C17H29F2NO5. The number of ketones is 1. The van der Waals surface area contributed by atoms with Gasteiger partial charge in [0.15, 0.2) is 0 Å². The summed E-state index contributed by atoms with van der Waals surface area (Å²) in [4.78, 5) is 22.0. The molecule has 25 heavy (non-hydrogen) atoms. The Balaban J connectivity index is 4.08. The third-order valence-corrected chi connectivity index (χ3v) is 4.10. The second-order valence-electron chi connectivity index (χ2n) is 6.10. The minimum absolute atomic E-state index is 0.175. The fourth-order valence-corrected chi connectivity index (χ4v) is 2.26. The Morgan fingerprint density at radius 3 is 2.24 bits per heavy atom. The molecule has 0 amide bonds. The number of nitrogens with two attached hydrogens (primary N) is 1. The topological polar surface area (TPSA) is 121 Å². The highest BCUT2D eigenvalue weighted by atomic mass is 19.3. The third-order valence-electron chi connectivity index (χ3n) is 4.10. The third kappa shape index (κ3) is 8.02. The number of alkyl halides is 2. The van der Waals surface area contributed by atoms with Gasteiger partial charge in [-0.2, -0.15) is 0 Å². The largest absolute Gasteiger partial charge is 0.480 e. The van der Waals surface area contributed by atoms with Crippen molar-refractivity contribution in [1.82, 2.24) is 0 Å². The summed E-state index contributed by atoms with van der Waals surface area (Å²) in [5.74, 6) is -1.81. The molecule has 0 radical (unpaired) electrons. The van der Waals surface area contributed by atoms with Gasteiger partial charge in [-0.15, -0.1) is 0 Å². The van der Waals surface area contributed by atoms with E-state index >= 15 is 0 Å². The summed E-state index contributed by atoms with van der Waals surface area (Å²) < 4.78 is 25.6. The van der Waals surface area contributed by atoms with E-state index in [1.54, 1.807) is 6.08 Å². The number of carboxylic acids is 1. The number of hydrogen-bond acceptors (Lipinski definition) is 5. The van der Waals surface area contributed by atoms with Crippen LogP contribution in [0.4, 0.5) is 8.78 Å². The zero-order chi connectivity index (χ0) is 19.5. The van der Waals surface area contributed by atoms with Gasteiger partial charge in [-0.1, -0.05) is 31.9 Å². The first-order valence-electron chi connectivity index (χ1n) is 8.51. The molecule has 0 saturated heterocycles. The first-order chi connectivity index (χ1) is 11.7. The molecular weight excluding hydrogens is 336 g/mol. The molecule has 0 spiro atoms. The molecule has 146 valence electrons. The van der Waals surface area contributed by atoms with E-state index in [-0.39, 0.29) is 12.2 Å². The van der Waals surface area contributed by atoms with Gasteiger partial charge in [-0.05, 0) is 25.7 Å². The molecule has 0 aliphatic heterocycles. The molecule has 3 unspecified atom stereocenters. The highest BCUT2D eigenvalue weighted by Gasteiger charge is 2.52. The van der Waals surface area contributed by atoms with Crippen molar-refractivity contribution in [2.75, 3.05) is 0 Å². The summed E-state index contributed by atoms with van der Waals surface area (Å²) in [7, 11) is 0. The molecule has 0 heterocycles. The molecule has 0 saturated carbocycles. The monoisotopic (exact) mass is 365 g/mol. The van der Waals surface area contributed by atoms with E-state index in [1.165, 1.54) is 6.08 Å². The van der Waals surface area contributed by atoms with Crippen LogP contribution < -0.4 is 5.73 Å². The Labute approximate surface area is 146 Å². The Hall–Kier alpha value is -1.38. The summed E-state index contributed by atoms with van der Waals surface area (Å²) >= 11 is 0. The molecule has 6 nitrogen and oxygen atoms in total. The fraction of sp³-hybridized carbons (Fsp3) is 0.765. The predicted octanol–water partition coefficient (Wildman–Crippen LogP) is 2.02. The number of hydrogen-bond donors (Lipinski definition) is 4. The van der Waals surface area contributed by atoms with Crippen molar-refractivity contribution in [1.29, 1.82) is 0 Å². The molecule has 0 aliphatic rings. The van der Waals surface area contributed by atoms with E-state index in [0.717, 1.165) is 25.7 Å². The van der Waals surface area contributed by atoms with Gasteiger partial charge in [0.25, 0.3) is 6.43 Å². The van der Waals surface area contributed by atoms with Crippen LogP contribution in [-0.2, 0) is 9.59 Å². The molecule has 0 aromatic rings. The first-order valence-corrected chi connectivity index (χ1v) is 8.51. The van der Waals surface area contributed by atoms with Gasteiger partial charge in [0.2, 0.25) is 5.54 Å². The van der Waals surface area contributed by atoms with Gasteiger partial charge in [-0.25, -0.2) is 13.6 Å². The van der Waals surface area contributed by atoms with Crippen LogP contribution in [0, 0.1) is 0 Å². The Morgan fingerprint density at radius 2 is 1.72 bits per heavy atom. The van der Waals surface area contributed by atoms with Crippen molar-refractivity contribution in [3.05, 3.63) is 12.2 Å². The lowest BCUT2D eigenvalue weighted by atomic mass is 9.89. The van der Waals surface area contributed by atoms with Crippen LogP contribution in [0.15, 0.2) is 12.2 Å². The maximum Gasteiger partial charge on any atom is 0.332 e. The summed E-state index contributed by atoms with van der Waals surface area (Å²) in [6, 6.07) is 0. The smallest absolute Gasteiger partial charge is 0.332 e. The number of carbonyl (C=O) groups is 2. The van der Waals surface area contributed by atoms with Crippen LogP contribution in [0.25, 0.3) is 0 Å². The summed E-state index contributed by atoms with van der Waals surface area (Å²) in [5.41, 5.74) is 1.84. The molecule has 8 heteroatoms. The quantitative estimate of drug-likeness (QED) is 0.276. The van der Waals surface area contributed by atoms with E-state index in [2.05, 4.69) is 0 Å². The van der Waals surface area contributed by atoms with Crippen molar-refractivity contribution in [2.45, 2.75) is 82.5 Å². The number of carboxylic acid groups (broad SMARTS) is 1. The minimum atomic E-state index is -3.52. The maximum absolute atomic E-state index is 12.8. The molecule has 0 rings (SSSR count). The van der Waals surface area contributed by atoms with E-state index in [4.69, 9.17) is 10.8 Å². The van der Waals surface area contributed by atoms with Gasteiger partial charge in [0, 0.05) is 12.8 Å². The zero-order valence-corrected chi connectivity index (χ0v) is 14.5. The molecule has 0 aliphatic carbocycles. The highest BCUT2D eigenvalue weighted by molar-refractivity contribution is 5.80.